The van der Waals surface area contributed by atoms with Crippen molar-refractivity contribution >= 4 is 23.2 Å². The third-order valence-electron chi connectivity index (χ3n) is 5.86. The number of nitrogens with zero attached hydrogens (tertiary/aromatic N) is 3. The van der Waals surface area contributed by atoms with Gasteiger partial charge in [-0.2, -0.15) is 5.10 Å². The lowest BCUT2D eigenvalue weighted by Crippen LogP contribution is -2.51. The standard InChI is InChI=1S/C21H22ClN5O2/c1-2-29-14-5-6-17-16(12-14)24-21(18-4-3-9-27(17)18)7-10-26(11-8-21)20(28)19-15(22)13-23-25-19/h3-6,9,12-13,24H,2,7-8,10-11H2,1H3,(H,23,25). The molecule has 1 amide bonds. The number of benzene rings is 1. The Balaban J connectivity index is 1.43. The Kier molecular flexibility index (Phi) is 4.28. The van der Waals surface area contributed by atoms with Crippen LogP contribution < -0.4 is 10.1 Å². The average molecular weight is 412 g/mol. The van der Waals surface area contributed by atoms with Crippen LogP contribution in [-0.2, 0) is 5.54 Å². The highest BCUT2D eigenvalue weighted by atomic mass is 35.5. The topological polar surface area (TPSA) is 75.2 Å². The van der Waals surface area contributed by atoms with E-state index in [4.69, 9.17) is 16.3 Å². The third kappa shape index (κ3) is 2.88. The third-order valence-corrected chi connectivity index (χ3v) is 6.15. The first-order valence-electron chi connectivity index (χ1n) is 9.83. The summed E-state index contributed by atoms with van der Waals surface area (Å²) in [6, 6.07) is 10.4. The summed E-state index contributed by atoms with van der Waals surface area (Å²) in [7, 11) is 0. The van der Waals surface area contributed by atoms with Gasteiger partial charge in [0.1, 0.15) is 11.4 Å². The van der Waals surface area contributed by atoms with E-state index in [1.807, 2.05) is 17.9 Å². The largest absolute Gasteiger partial charge is 0.494 e. The molecule has 1 saturated heterocycles. The molecule has 5 rings (SSSR count). The van der Waals surface area contributed by atoms with E-state index in [2.05, 4.69) is 50.5 Å². The number of halogens is 1. The molecule has 0 bridgehead atoms. The molecule has 29 heavy (non-hydrogen) atoms. The maximum atomic E-state index is 12.8. The summed E-state index contributed by atoms with van der Waals surface area (Å²) >= 11 is 6.08. The van der Waals surface area contributed by atoms with Gasteiger partial charge in [0.25, 0.3) is 5.91 Å². The molecule has 0 radical (unpaired) electrons. The van der Waals surface area contributed by atoms with Gasteiger partial charge in [-0.1, -0.05) is 11.6 Å². The van der Waals surface area contributed by atoms with Gasteiger partial charge in [-0.05, 0) is 44.0 Å². The van der Waals surface area contributed by atoms with Gasteiger partial charge in [0.15, 0.2) is 0 Å². The van der Waals surface area contributed by atoms with Crippen molar-refractivity contribution in [1.29, 1.82) is 0 Å². The number of ether oxygens (including phenoxy) is 1. The Labute approximate surface area is 173 Å². The van der Waals surface area contributed by atoms with Crippen LogP contribution in [0.15, 0.2) is 42.7 Å². The number of nitrogens with one attached hydrogen (secondary N) is 2. The average Bonchev–Trinajstić information content (AvgIpc) is 3.38. The first kappa shape index (κ1) is 18.1. The van der Waals surface area contributed by atoms with Crippen LogP contribution in [0.4, 0.5) is 5.69 Å². The number of aromatic amines is 1. The Hall–Kier alpha value is -2.93. The number of likely N-dealkylation sites (tertiary alicyclic amines) is 1. The predicted molar refractivity (Wildman–Crippen MR) is 111 cm³/mol. The van der Waals surface area contributed by atoms with Gasteiger partial charge < -0.3 is 19.5 Å². The molecule has 2 aliphatic heterocycles. The number of H-pyrrole nitrogens is 1. The van der Waals surface area contributed by atoms with Gasteiger partial charge in [0, 0.05) is 31.0 Å². The second-order valence-electron chi connectivity index (χ2n) is 7.47. The molecule has 0 saturated carbocycles. The zero-order valence-corrected chi connectivity index (χ0v) is 16.9. The first-order valence-corrected chi connectivity index (χ1v) is 10.2. The van der Waals surface area contributed by atoms with E-state index in [9.17, 15) is 4.79 Å². The van der Waals surface area contributed by atoms with Crippen molar-refractivity contribution in [2.24, 2.45) is 0 Å². The van der Waals surface area contributed by atoms with Crippen LogP contribution in [0.5, 0.6) is 5.75 Å². The molecule has 1 aromatic carbocycles. The van der Waals surface area contributed by atoms with Gasteiger partial charge in [0.2, 0.25) is 0 Å². The number of anilines is 1. The maximum absolute atomic E-state index is 12.8. The van der Waals surface area contributed by atoms with E-state index < -0.39 is 0 Å². The minimum Gasteiger partial charge on any atom is -0.494 e. The number of piperidine rings is 1. The Morgan fingerprint density at radius 3 is 2.86 bits per heavy atom. The lowest BCUT2D eigenvalue weighted by Gasteiger charge is -2.46. The van der Waals surface area contributed by atoms with Crippen LogP contribution in [-0.4, -0.2) is 45.3 Å². The number of carbonyl (C=O) groups excluding carboxylic acids is 1. The van der Waals surface area contributed by atoms with E-state index in [1.54, 1.807) is 0 Å². The van der Waals surface area contributed by atoms with Crippen LogP contribution in [0, 0.1) is 0 Å². The van der Waals surface area contributed by atoms with E-state index in [1.165, 1.54) is 11.9 Å². The number of hydrogen-bond acceptors (Lipinski definition) is 4. The Morgan fingerprint density at radius 1 is 1.31 bits per heavy atom. The SMILES string of the molecule is CCOc1ccc2c(c1)NC1(CCN(C(=O)c3[nH]ncc3Cl)CC1)c1cccn1-2. The van der Waals surface area contributed by atoms with Gasteiger partial charge in [-0.3, -0.25) is 9.89 Å². The summed E-state index contributed by atoms with van der Waals surface area (Å²) in [6.45, 7) is 3.88. The molecule has 3 aromatic rings. The van der Waals surface area contributed by atoms with Crippen LogP contribution in [0.25, 0.3) is 5.69 Å². The summed E-state index contributed by atoms with van der Waals surface area (Å²) in [5.74, 6) is 0.749. The maximum Gasteiger partial charge on any atom is 0.273 e. The number of carbonyl (C=O) groups is 1. The predicted octanol–water partition coefficient (Wildman–Crippen LogP) is 3.81. The molecule has 0 unspecified atom stereocenters. The fourth-order valence-electron chi connectivity index (χ4n) is 4.44. The summed E-state index contributed by atoms with van der Waals surface area (Å²) in [6.07, 6.45) is 5.15. The van der Waals surface area contributed by atoms with E-state index in [0.717, 1.165) is 30.0 Å². The zero-order chi connectivity index (χ0) is 20.0. The van der Waals surface area contributed by atoms with E-state index in [0.29, 0.717) is 30.4 Å². The number of hydrogen-bond donors (Lipinski definition) is 2. The monoisotopic (exact) mass is 411 g/mol. The lowest BCUT2D eigenvalue weighted by molar-refractivity contribution is 0.0670. The highest BCUT2D eigenvalue weighted by Gasteiger charge is 2.42. The van der Waals surface area contributed by atoms with Crippen molar-refractivity contribution in [2.45, 2.75) is 25.3 Å². The van der Waals surface area contributed by atoms with Gasteiger partial charge >= 0.3 is 0 Å². The minimum atomic E-state index is -0.226. The van der Waals surface area contributed by atoms with Crippen molar-refractivity contribution < 1.29 is 9.53 Å². The second-order valence-corrected chi connectivity index (χ2v) is 7.87. The number of aromatic nitrogens is 3. The molecule has 7 nitrogen and oxygen atoms in total. The highest BCUT2D eigenvalue weighted by molar-refractivity contribution is 6.33. The fraction of sp³-hybridized carbons (Fsp3) is 0.333. The van der Waals surface area contributed by atoms with Crippen LogP contribution in [0.2, 0.25) is 5.02 Å². The minimum absolute atomic E-state index is 0.104. The van der Waals surface area contributed by atoms with Crippen molar-refractivity contribution in [1.82, 2.24) is 19.7 Å². The zero-order valence-electron chi connectivity index (χ0n) is 16.1. The van der Waals surface area contributed by atoms with E-state index >= 15 is 0 Å². The highest BCUT2D eigenvalue weighted by Crippen LogP contribution is 2.44. The second kappa shape index (κ2) is 6.84. The van der Waals surface area contributed by atoms with Crippen LogP contribution in [0.3, 0.4) is 0 Å². The quantitative estimate of drug-likeness (QED) is 0.687. The first-order chi connectivity index (χ1) is 14.1. The molecule has 8 heteroatoms. The Bertz CT molecular complexity index is 1060. The van der Waals surface area contributed by atoms with E-state index in [-0.39, 0.29) is 11.4 Å². The molecule has 1 fully saturated rings. The normalized spacial score (nSPS) is 16.8. The molecule has 4 heterocycles. The van der Waals surface area contributed by atoms with Crippen molar-refractivity contribution in [3.05, 3.63) is 59.1 Å². The number of fused-ring (bicyclic) bond motifs is 4. The number of rotatable bonds is 3. The molecule has 2 N–H and O–H groups in total. The molecule has 1 spiro atoms. The van der Waals surface area contributed by atoms with Crippen LogP contribution in [0.1, 0.15) is 35.9 Å². The van der Waals surface area contributed by atoms with Gasteiger partial charge in [0.05, 0.1) is 34.7 Å². The molecular weight excluding hydrogens is 390 g/mol. The summed E-state index contributed by atoms with van der Waals surface area (Å²) in [5.41, 5.74) is 3.52. The fourth-order valence-corrected chi connectivity index (χ4v) is 4.61. The smallest absolute Gasteiger partial charge is 0.273 e. The molecule has 0 atom stereocenters. The molecule has 2 aliphatic rings. The van der Waals surface area contributed by atoms with Crippen molar-refractivity contribution in [3.63, 3.8) is 0 Å². The number of amides is 1. The Morgan fingerprint density at radius 2 is 2.14 bits per heavy atom. The molecular formula is C21H22ClN5O2. The van der Waals surface area contributed by atoms with Crippen molar-refractivity contribution in [3.8, 4) is 11.4 Å². The van der Waals surface area contributed by atoms with Gasteiger partial charge in [-0.15, -0.1) is 0 Å². The lowest BCUT2D eigenvalue weighted by atomic mass is 9.82. The summed E-state index contributed by atoms with van der Waals surface area (Å²) in [5, 5.41) is 10.7. The summed E-state index contributed by atoms with van der Waals surface area (Å²) < 4.78 is 7.94. The molecule has 2 aromatic heterocycles. The molecule has 150 valence electrons. The van der Waals surface area contributed by atoms with Crippen molar-refractivity contribution in [2.75, 3.05) is 25.0 Å². The summed E-state index contributed by atoms with van der Waals surface area (Å²) in [4.78, 5) is 14.6. The van der Waals surface area contributed by atoms with Crippen LogP contribution >= 0.6 is 11.6 Å². The van der Waals surface area contributed by atoms with Gasteiger partial charge in [-0.25, -0.2) is 0 Å². The molecule has 0 aliphatic carbocycles.